The standard InChI is InChI=1S/C22H28N4O2/c1-18(27)24(2)17-22(28)23-20-8-10-21(11-9-20)26-14-12-25(13-15-26)16-19-6-4-3-5-7-19/h3-11H,12-17H2,1-2H3,(H,23,28). The third-order valence-electron chi connectivity index (χ3n) is 5.06. The molecule has 6 nitrogen and oxygen atoms in total. The number of hydrogen-bond acceptors (Lipinski definition) is 4. The number of rotatable bonds is 6. The van der Waals surface area contributed by atoms with Crippen LogP contribution in [0.5, 0.6) is 0 Å². The van der Waals surface area contributed by atoms with E-state index in [1.54, 1.807) is 7.05 Å². The van der Waals surface area contributed by atoms with Gasteiger partial charge < -0.3 is 15.1 Å². The first-order chi connectivity index (χ1) is 13.5. The quantitative estimate of drug-likeness (QED) is 0.836. The third kappa shape index (κ3) is 5.57. The second-order valence-corrected chi connectivity index (χ2v) is 7.22. The maximum absolute atomic E-state index is 12.0. The van der Waals surface area contributed by atoms with Crippen LogP contribution in [0, 0.1) is 0 Å². The van der Waals surface area contributed by atoms with Crippen molar-refractivity contribution in [3.05, 3.63) is 60.2 Å². The normalized spacial score (nSPS) is 14.6. The first-order valence-corrected chi connectivity index (χ1v) is 9.64. The molecule has 3 rings (SSSR count). The van der Waals surface area contributed by atoms with Gasteiger partial charge in [0.25, 0.3) is 0 Å². The fraction of sp³-hybridized carbons (Fsp3) is 0.364. The number of hydrogen-bond donors (Lipinski definition) is 1. The number of likely N-dealkylation sites (N-methyl/N-ethyl adjacent to an activating group) is 1. The smallest absolute Gasteiger partial charge is 0.243 e. The zero-order valence-corrected chi connectivity index (χ0v) is 16.6. The highest BCUT2D eigenvalue weighted by atomic mass is 16.2. The summed E-state index contributed by atoms with van der Waals surface area (Å²) in [7, 11) is 1.61. The molecule has 2 aromatic rings. The van der Waals surface area contributed by atoms with Crippen LogP contribution in [0.15, 0.2) is 54.6 Å². The number of anilines is 2. The van der Waals surface area contributed by atoms with Crippen LogP contribution in [-0.2, 0) is 16.1 Å². The van der Waals surface area contributed by atoms with Gasteiger partial charge in [-0.2, -0.15) is 0 Å². The van der Waals surface area contributed by atoms with Crippen molar-refractivity contribution in [3.63, 3.8) is 0 Å². The highest BCUT2D eigenvalue weighted by Gasteiger charge is 2.17. The molecule has 6 heteroatoms. The molecular formula is C22H28N4O2. The van der Waals surface area contributed by atoms with Crippen LogP contribution in [0.4, 0.5) is 11.4 Å². The molecule has 148 valence electrons. The van der Waals surface area contributed by atoms with E-state index in [0.717, 1.165) is 38.4 Å². The summed E-state index contributed by atoms with van der Waals surface area (Å²) in [5, 5.41) is 2.83. The van der Waals surface area contributed by atoms with E-state index < -0.39 is 0 Å². The molecule has 0 unspecified atom stereocenters. The van der Waals surface area contributed by atoms with Crippen molar-refractivity contribution in [2.24, 2.45) is 0 Å². The number of amides is 2. The van der Waals surface area contributed by atoms with Gasteiger partial charge in [0.05, 0.1) is 6.54 Å². The Kier molecular flexibility index (Phi) is 6.66. The van der Waals surface area contributed by atoms with Crippen molar-refractivity contribution in [3.8, 4) is 0 Å². The highest BCUT2D eigenvalue weighted by molar-refractivity contribution is 5.94. The minimum Gasteiger partial charge on any atom is -0.369 e. The lowest BCUT2D eigenvalue weighted by Crippen LogP contribution is -2.45. The van der Waals surface area contributed by atoms with Gasteiger partial charge in [0.2, 0.25) is 11.8 Å². The van der Waals surface area contributed by atoms with Crippen molar-refractivity contribution >= 4 is 23.2 Å². The summed E-state index contributed by atoms with van der Waals surface area (Å²) >= 11 is 0. The molecule has 1 aliphatic rings. The van der Waals surface area contributed by atoms with E-state index in [4.69, 9.17) is 0 Å². The molecule has 28 heavy (non-hydrogen) atoms. The summed E-state index contributed by atoms with van der Waals surface area (Å²) in [4.78, 5) is 29.4. The number of benzene rings is 2. The molecule has 0 aromatic heterocycles. The average Bonchev–Trinajstić information content (AvgIpc) is 2.70. The minimum atomic E-state index is -0.194. The van der Waals surface area contributed by atoms with E-state index in [-0.39, 0.29) is 18.4 Å². The second-order valence-electron chi connectivity index (χ2n) is 7.22. The van der Waals surface area contributed by atoms with Gasteiger partial charge in [0, 0.05) is 58.1 Å². The van der Waals surface area contributed by atoms with Crippen LogP contribution >= 0.6 is 0 Å². The molecule has 1 N–H and O–H groups in total. The second kappa shape index (κ2) is 9.37. The van der Waals surface area contributed by atoms with Gasteiger partial charge in [-0.1, -0.05) is 30.3 Å². The van der Waals surface area contributed by atoms with Crippen molar-refractivity contribution in [1.82, 2.24) is 9.80 Å². The molecule has 2 aromatic carbocycles. The van der Waals surface area contributed by atoms with E-state index in [1.165, 1.54) is 23.1 Å². The van der Waals surface area contributed by atoms with Gasteiger partial charge in [-0.25, -0.2) is 0 Å². The Labute approximate surface area is 166 Å². The summed E-state index contributed by atoms with van der Waals surface area (Å²) in [5.41, 5.74) is 3.26. The summed E-state index contributed by atoms with van der Waals surface area (Å²) < 4.78 is 0. The maximum Gasteiger partial charge on any atom is 0.243 e. The predicted molar refractivity (Wildman–Crippen MR) is 112 cm³/mol. The first-order valence-electron chi connectivity index (χ1n) is 9.64. The Balaban J connectivity index is 1.48. The Bertz CT molecular complexity index is 784. The molecule has 0 aliphatic carbocycles. The van der Waals surface area contributed by atoms with Crippen LogP contribution in [0.3, 0.4) is 0 Å². The Hall–Kier alpha value is -2.86. The van der Waals surface area contributed by atoms with Crippen molar-refractivity contribution in [2.75, 3.05) is 50.0 Å². The van der Waals surface area contributed by atoms with E-state index >= 15 is 0 Å². The minimum absolute atomic E-state index is 0.0560. The van der Waals surface area contributed by atoms with Crippen molar-refractivity contribution < 1.29 is 9.59 Å². The van der Waals surface area contributed by atoms with Gasteiger partial charge >= 0.3 is 0 Å². The molecule has 1 heterocycles. The van der Waals surface area contributed by atoms with Gasteiger partial charge in [0.1, 0.15) is 0 Å². The first kappa shape index (κ1) is 19.9. The van der Waals surface area contributed by atoms with E-state index in [0.29, 0.717) is 0 Å². The van der Waals surface area contributed by atoms with Gasteiger partial charge in [-0.3, -0.25) is 14.5 Å². The predicted octanol–water partition coefficient (Wildman–Crippen LogP) is 2.43. The molecule has 0 spiro atoms. The van der Waals surface area contributed by atoms with Crippen LogP contribution in [0.1, 0.15) is 12.5 Å². The van der Waals surface area contributed by atoms with Crippen molar-refractivity contribution in [1.29, 1.82) is 0 Å². The van der Waals surface area contributed by atoms with E-state index in [2.05, 4.69) is 45.4 Å². The van der Waals surface area contributed by atoms with Crippen molar-refractivity contribution in [2.45, 2.75) is 13.5 Å². The van der Waals surface area contributed by atoms with Crippen LogP contribution in [0.2, 0.25) is 0 Å². The molecule has 0 bridgehead atoms. The topological polar surface area (TPSA) is 55.9 Å². The van der Waals surface area contributed by atoms with E-state index in [1.807, 2.05) is 24.3 Å². The Morgan fingerprint density at radius 3 is 2.21 bits per heavy atom. The van der Waals surface area contributed by atoms with Gasteiger partial charge in [-0.15, -0.1) is 0 Å². The number of nitrogens with one attached hydrogen (secondary N) is 1. The van der Waals surface area contributed by atoms with Crippen LogP contribution in [-0.4, -0.2) is 61.4 Å². The van der Waals surface area contributed by atoms with Crippen LogP contribution < -0.4 is 10.2 Å². The summed E-state index contributed by atoms with van der Waals surface area (Å²) in [5.74, 6) is -0.322. The molecule has 1 fully saturated rings. The molecule has 0 saturated carbocycles. The fourth-order valence-electron chi connectivity index (χ4n) is 3.29. The third-order valence-corrected chi connectivity index (χ3v) is 5.06. The zero-order valence-electron chi connectivity index (χ0n) is 16.6. The molecule has 0 radical (unpaired) electrons. The lowest BCUT2D eigenvalue weighted by atomic mass is 10.2. The van der Waals surface area contributed by atoms with E-state index in [9.17, 15) is 9.59 Å². The fourth-order valence-corrected chi connectivity index (χ4v) is 3.29. The number of nitrogens with zero attached hydrogens (tertiary/aromatic N) is 3. The number of piperazine rings is 1. The Morgan fingerprint density at radius 2 is 1.61 bits per heavy atom. The Morgan fingerprint density at radius 1 is 0.964 bits per heavy atom. The summed E-state index contributed by atoms with van der Waals surface area (Å²) in [6.07, 6.45) is 0. The largest absolute Gasteiger partial charge is 0.369 e. The van der Waals surface area contributed by atoms with Gasteiger partial charge in [-0.05, 0) is 29.8 Å². The molecule has 2 amide bonds. The molecule has 0 atom stereocenters. The number of carbonyl (C=O) groups excluding carboxylic acids is 2. The van der Waals surface area contributed by atoms with Crippen LogP contribution in [0.25, 0.3) is 0 Å². The number of carbonyl (C=O) groups is 2. The lowest BCUT2D eigenvalue weighted by Gasteiger charge is -2.36. The summed E-state index contributed by atoms with van der Waals surface area (Å²) in [6.45, 7) is 6.54. The highest BCUT2D eigenvalue weighted by Crippen LogP contribution is 2.20. The lowest BCUT2D eigenvalue weighted by molar-refractivity contribution is -0.131. The maximum atomic E-state index is 12.0. The van der Waals surface area contributed by atoms with Gasteiger partial charge in [0.15, 0.2) is 0 Å². The molecule has 1 aliphatic heterocycles. The molecular weight excluding hydrogens is 352 g/mol. The summed E-state index contributed by atoms with van der Waals surface area (Å²) in [6, 6.07) is 18.5. The molecule has 1 saturated heterocycles. The zero-order chi connectivity index (χ0) is 19.9. The average molecular weight is 380 g/mol. The monoisotopic (exact) mass is 380 g/mol. The SMILES string of the molecule is CC(=O)N(C)CC(=O)Nc1ccc(N2CCN(Cc3ccccc3)CC2)cc1.